The zero-order chi connectivity index (χ0) is 16.2. The lowest BCUT2D eigenvalue weighted by Gasteiger charge is -2.11. The van der Waals surface area contributed by atoms with E-state index in [-0.39, 0.29) is 0 Å². The van der Waals surface area contributed by atoms with Crippen LogP contribution in [0.3, 0.4) is 0 Å². The van der Waals surface area contributed by atoms with Gasteiger partial charge in [-0.25, -0.2) is 4.98 Å². The van der Waals surface area contributed by atoms with E-state index in [1.807, 2.05) is 44.2 Å². The van der Waals surface area contributed by atoms with Gasteiger partial charge in [0, 0.05) is 5.56 Å². The van der Waals surface area contributed by atoms with E-state index in [1.165, 1.54) is 0 Å². The molecule has 0 saturated heterocycles. The number of furan rings is 1. The van der Waals surface area contributed by atoms with Gasteiger partial charge in [-0.3, -0.25) is 5.10 Å². The van der Waals surface area contributed by atoms with Crippen LogP contribution >= 0.6 is 15.9 Å². The first-order valence-corrected chi connectivity index (χ1v) is 8.08. The molecule has 23 heavy (non-hydrogen) atoms. The van der Waals surface area contributed by atoms with Crippen LogP contribution in [0.1, 0.15) is 13.8 Å². The lowest BCUT2D eigenvalue weighted by Crippen LogP contribution is -1.98. The van der Waals surface area contributed by atoms with Crippen molar-refractivity contribution in [3.63, 3.8) is 0 Å². The van der Waals surface area contributed by atoms with Crippen molar-refractivity contribution in [2.24, 2.45) is 0 Å². The van der Waals surface area contributed by atoms with Crippen LogP contribution in [-0.4, -0.2) is 28.4 Å². The molecule has 0 fully saturated rings. The first kappa shape index (κ1) is 15.6. The molecular formula is C16H16BrN3O3. The van der Waals surface area contributed by atoms with Gasteiger partial charge in [-0.05, 0) is 60.1 Å². The molecule has 0 aliphatic carbocycles. The number of nitrogens with one attached hydrogen (secondary N) is 1. The van der Waals surface area contributed by atoms with Crippen LogP contribution in [0.2, 0.25) is 0 Å². The van der Waals surface area contributed by atoms with E-state index in [1.54, 1.807) is 0 Å². The van der Waals surface area contributed by atoms with Crippen molar-refractivity contribution in [2.45, 2.75) is 13.8 Å². The van der Waals surface area contributed by atoms with Crippen LogP contribution in [0.25, 0.3) is 23.0 Å². The molecule has 3 aromatic rings. The highest BCUT2D eigenvalue weighted by molar-refractivity contribution is 9.10. The smallest absolute Gasteiger partial charge is 0.192 e. The number of aromatic nitrogens is 3. The minimum atomic E-state index is 0.559. The van der Waals surface area contributed by atoms with Gasteiger partial charge in [0.1, 0.15) is 0 Å². The van der Waals surface area contributed by atoms with Crippen LogP contribution in [0.5, 0.6) is 11.5 Å². The summed E-state index contributed by atoms with van der Waals surface area (Å²) < 4.78 is 17.3. The van der Waals surface area contributed by atoms with Crippen molar-refractivity contribution in [2.75, 3.05) is 13.2 Å². The second-order valence-electron chi connectivity index (χ2n) is 4.64. The summed E-state index contributed by atoms with van der Waals surface area (Å²) in [6.07, 6.45) is 0. The van der Waals surface area contributed by atoms with Crippen molar-refractivity contribution in [1.29, 1.82) is 0 Å². The van der Waals surface area contributed by atoms with Crippen LogP contribution in [0, 0.1) is 0 Å². The highest BCUT2D eigenvalue weighted by Crippen LogP contribution is 2.32. The Hall–Kier alpha value is -2.28. The summed E-state index contributed by atoms with van der Waals surface area (Å²) in [7, 11) is 0. The van der Waals surface area contributed by atoms with Gasteiger partial charge in [-0.2, -0.15) is 5.10 Å². The molecule has 0 saturated carbocycles. The number of benzene rings is 1. The quantitative estimate of drug-likeness (QED) is 0.693. The Balaban J connectivity index is 1.92. The van der Waals surface area contributed by atoms with E-state index in [2.05, 4.69) is 31.1 Å². The van der Waals surface area contributed by atoms with Crippen LogP contribution < -0.4 is 9.47 Å². The molecule has 0 spiro atoms. The second-order valence-corrected chi connectivity index (χ2v) is 5.42. The Morgan fingerprint density at radius 2 is 1.87 bits per heavy atom. The largest absolute Gasteiger partial charge is 0.490 e. The number of hydrogen-bond acceptors (Lipinski definition) is 5. The van der Waals surface area contributed by atoms with Gasteiger partial charge in [-0.1, -0.05) is 0 Å². The summed E-state index contributed by atoms with van der Waals surface area (Å²) in [5, 5.41) is 7.12. The fourth-order valence-corrected chi connectivity index (χ4v) is 2.44. The van der Waals surface area contributed by atoms with Crippen LogP contribution in [-0.2, 0) is 0 Å². The molecule has 7 heteroatoms. The Kier molecular flexibility index (Phi) is 4.66. The maximum absolute atomic E-state index is 5.63. The number of halogens is 1. The molecule has 3 rings (SSSR count). The highest BCUT2D eigenvalue weighted by Gasteiger charge is 2.13. The number of rotatable bonds is 6. The topological polar surface area (TPSA) is 73.2 Å². The molecule has 0 aliphatic heterocycles. The second kappa shape index (κ2) is 6.87. The molecule has 0 unspecified atom stereocenters. The molecule has 0 radical (unpaired) electrons. The minimum Gasteiger partial charge on any atom is -0.490 e. The molecule has 2 heterocycles. The van der Waals surface area contributed by atoms with Crippen molar-refractivity contribution in [3.05, 3.63) is 35.0 Å². The third kappa shape index (κ3) is 3.39. The first-order chi connectivity index (χ1) is 11.2. The monoisotopic (exact) mass is 377 g/mol. The average Bonchev–Trinajstić information content (AvgIpc) is 3.18. The van der Waals surface area contributed by atoms with Crippen LogP contribution in [0.4, 0.5) is 0 Å². The molecule has 0 atom stereocenters. The molecule has 120 valence electrons. The normalized spacial score (nSPS) is 10.7. The van der Waals surface area contributed by atoms with Crippen molar-refractivity contribution >= 4 is 15.9 Å². The van der Waals surface area contributed by atoms with Crippen LogP contribution in [0.15, 0.2) is 39.4 Å². The number of ether oxygens (including phenoxy) is 2. The molecular weight excluding hydrogens is 362 g/mol. The molecule has 0 amide bonds. The summed E-state index contributed by atoms with van der Waals surface area (Å²) >= 11 is 3.27. The zero-order valence-corrected chi connectivity index (χ0v) is 14.4. The van der Waals surface area contributed by atoms with Crippen molar-refractivity contribution in [1.82, 2.24) is 15.2 Å². The Bertz CT molecular complexity index is 797. The lowest BCUT2D eigenvalue weighted by molar-refractivity contribution is 0.288. The van der Waals surface area contributed by atoms with Gasteiger partial charge >= 0.3 is 0 Å². The SMILES string of the molecule is CCOc1ccc(-c2n[nH]c(-c3ccc(Br)o3)n2)cc1OCC. The molecule has 0 bridgehead atoms. The third-order valence-corrected chi connectivity index (χ3v) is 3.52. The molecule has 1 N–H and O–H groups in total. The number of nitrogens with zero attached hydrogens (tertiary/aromatic N) is 2. The standard InChI is InChI=1S/C16H16BrN3O3/c1-3-21-11-6-5-10(9-13(11)22-4-2)15-18-16(20-19-15)12-7-8-14(17)23-12/h5-9H,3-4H2,1-2H3,(H,18,19,20). The Morgan fingerprint density at radius 3 is 2.57 bits per heavy atom. The molecule has 0 aliphatic rings. The fourth-order valence-electron chi connectivity index (χ4n) is 2.13. The van der Waals surface area contributed by atoms with E-state index >= 15 is 0 Å². The van der Waals surface area contributed by atoms with Gasteiger partial charge in [0.05, 0.1) is 13.2 Å². The maximum atomic E-state index is 5.63. The predicted molar refractivity (Wildman–Crippen MR) is 89.6 cm³/mol. The lowest BCUT2D eigenvalue weighted by atomic mass is 10.2. The Labute approximate surface area is 142 Å². The van der Waals surface area contributed by atoms with E-state index in [0.29, 0.717) is 46.8 Å². The maximum Gasteiger partial charge on any atom is 0.192 e. The predicted octanol–water partition coefficient (Wildman–Crippen LogP) is 4.29. The molecule has 2 aromatic heterocycles. The summed E-state index contributed by atoms with van der Waals surface area (Å²) in [5.41, 5.74) is 0.838. The van der Waals surface area contributed by atoms with E-state index < -0.39 is 0 Å². The van der Waals surface area contributed by atoms with Gasteiger partial charge < -0.3 is 13.9 Å². The minimum absolute atomic E-state index is 0.559. The van der Waals surface area contributed by atoms with Crippen molar-refractivity contribution < 1.29 is 13.9 Å². The number of hydrogen-bond donors (Lipinski definition) is 1. The molecule has 6 nitrogen and oxygen atoms in total. The first-order valence-electron chi connectivity index (χ1n) is 7.29. The summed E-state index contributed by atoms with van der Waals surface area (Å²) in [5.74, 6) is 3.14. The average molecular weight is 378 g/mol. The van der Waals surface area contributed by atoms with Gasteiger partial charge in [-0.15, -0.1) is 0 Å². The fraction of sp³-hybridized carbons (Fsp3) is 0.250. The third-order valence-electron chi connectivity index (χ3n) is 3.09. The highest BCUT2D eigenvalue weighted by atomic mass is 79.9. The van der Waals surface area contributed by atoms with Gasteiger partial charge in [0.15, 0.2) is 33.6 Å². The van der Waals surface area contributed by atoms with Crippen molar-refractivity contribution in [3.8, 4) is 34.5 Å². The zero-order valence-electron chi connectivity index (χ0n) is 12.8. The van der Waals surface area contributed by atoms with E-state index in [0.717, 1.165) is 5.56 Å². The van der Waals surface area contributed by atoms with Gasteiger partial charge in [0.2, 0.25) is 0 Å². The summed E-state index contributed by atoms with van der Waals surface area (Å²) in [6.45, 7) is 5.01. The number of H-pyrrole nitrogens is 1. The summed E-state index contributed by atoms with van der Waals surface area (Å²) in [4.78, 5) is 4.46. The van der Waals surface area contributed by atoms with Gasteiger partial charge in [0.25, 0.3) is 0 Å². The number of aromatic amines is 1. The van der Waals surface area contributed by atoms with E-state index in [4.69, 9.17) is 13.9 Å². The summed E-state index contributed by atoms with van der Waals surface area (Å²) in [6, 6.07) is 9.27. The van der Waals surface area contributed by atoms with E-state index in [9.17, 15) is 0 Å². The molecule has 1 aromatic carbocycles. The Morgan fingerprint density at radius 1 is 1.09 bits per heavy atom.